The summed E-state index contributed by atoms with van der Waals surface area (Å²) in [4.78, 5) is 25.7. The Hall–Kier alpha value is -2.28. The van der Waals surface area contributed by atoms with Crippen LogP contribution in [0.1, 0.15) is 11.1 Å². The quantitative estimate of drug-likeness (QED) is 0.0535. The molecule has 4 rings (SSSR count). The molecule has 2 aromatic carbocycles. The Bertz CT molecular complexity index is 1920. The Labute approximate surface area is 341 Å². The molecule has 0 spiro atoms. The van der Waals surface area contributed by atoms with Crippen molar-refractivity contribution < 1.29 is 95.3 Å². The average Bonchev–Trinajstić information content (AvgIpc) is 2.99. The molecule has 50 heavy (non-hydrogen) atoms. The van der Waals surface area contributed by atoms with Crippen LogP contribution in [0.2, 0.25) is 10.6 Å². The van der Waals surface area contributed by atoms with Crippen molar-refractivity contribution in [1.29, 1.82) is 0 Å². The number of benzene rings is 2. The molecule has 0 bridgehead atoms. The topological polar surface area (TPSA) is 263 Å². The molecule has 24 heteroatoms. The zero-order valence-corrected chi connectivity index (χ0v) is 34.1. The van der Waals surface area contributed by atoms with Crippen molar-refractivity contribution in [3.05, 3.63) is 58.1 Å². The predicted octanol–water partition coefficient (Wildman–Crippen LogP) is -4.31. The second-order valence-electron chi connectivity index (χ2n) is 9.74. The van der Waals surface area contributed by atoms with Crippen LogP contribution in [0.15, 0.2) is 46.2 Å². The fraction of sp³-hybridized carbons (Fsp3) is 0.231. The van der Waals surface area contributed by atoms with Crippen LogP contribution < -0.4 is 79.5 Å². The van der Waals surface area contributed by atoms with Crippen LogP contribution in [0.25, 0.3) is 12.2 Å². The van der Waals surface area contributed by atoms with Gasteiger partial charge in [-0.2, -0.15) is 29.9 Å². The van der Waals surface area contributed by atoms with E-state index in [1.54, 1.807) is 14.1 Å². The summed E-state index contributed by atoms with van der Waals surface area (Å²) in [5.41, 5.74) is -0.0733. The first-order valence-electron chi connectivity index (χ1n) is 13.5. The Kier molecular flexibility index (Phi) is 16.7. The van der Waals surface area contributed by atoms with Gasteiger partial charge in [-0.15, -0.1) is 0 Å². The summed E-state index contributed by atoms with van der Waals surface area (Å²) >= 11 is 12.0. The Morgan fingerprint density at radius 3 is 1.36 bits per heavy atom. The van der Waals surface area contributed by atoms with Gasteiger partial charge in [0.05, 0.1) is 23.0 Å². The number of halogens is 2. The van der Waals surface area contributed by atoms with Crippen LogP contribution in [0.3, 0.4) is 0 Å². The number of likely N-dealkylation sites (N-methyl/N-ethyl adjacent to an activating group) is 2. The van der Waals surface area contributed by atoms with E-state index >= 15 is 0 Å². The van der Waals surface area contributed by atoms with Crippen LogP contribution in [-0.2, 0) is 20.2 Å². The standard InChI is InChI=1S/C26H28Cl2N10O8S2.2Na/c1-37(9-11-39)25-33-21(27)31-23(35-25)29-17-7-5-15(19(13-17)47(41,42)43)3-4-16-6-8-18(14-20(16)48(44,45)46)30-24-32-22(28)34-26(36-24)38(2)10-12-40;;/h3-8,13-14,39-40H,9-12H2,1-2H3,(H,41,42,43)(H,44,45,46)(H,29,31,33,35)(H,30,32,34,36);;/q;2*+1/p-2. The number of anilines is 6. The third kappa shape index (κ3) is 12.2. The van der Waals surface area contributed by atoms with Gasteiger partial charge in [0.1, 0.15) is 20.2 Å². The average molecular weight is 788 g/mol. The molecule has 0 atom stereocenters. The Morgan fingerprint density at radius 2 is 1.04 bits per heavy atom. The maximum absolute atomic E-state index is 12.2. The van der Waals surface area contributed by atoms with E-state index in [2.05, 4.69) is 40.5 Å². The summed E-state index contributed by atoms with van der Waals surface area (Å²) in [6, 6.07) is 7.36. The molecule has 0 unspecified atom stereocenters. The third-order valence-corrected chi connectivity index (χ3v) is 8.39. The number of rotatable bonds is 14. The Balaban J connectivity index is 0.00000433. The molecule has 0 fully saturated rings. The van der Waals surface area contributed by atoms with E-state index in [9.17, 15) is 25.9 Å². The SMILES string of the molecule is CN(CCO)c1nc(Cl)nc(Nc2ccc(C=Cc3ccc(Nc4nc(Cl)nc(N(C)CCO)n4)cc3S(=O)(=O)[O-])c(S(=O)(=O)[O-])c2)n1.[Na+].[Na+]. The molecule has 256 valence electrons. The van der Waals surface area contributed by atoms with Gasteiger partial charge in [0.25, 0.3) is 0 Å². The predicted molar refractivity (Wildman–Crippen MR) is 175 cm³/mol. The van der Waals surface area contributed by atoms with Crippen molar-refractivity contribution in [2.24, 2.45) is 0 Å². The number of aromatic nitrogens is 6. The first-order chi connectivity index (χ1) is 22.6. The summed E-state index contributed by atoms with van der Waals surface area (Å²) in [7, 11) is -6.96. The second-order valence-corrected chi connectivity index (χ2v) is 13.1. The third-order valence-electron chi connectivity index (χ3n) is 6.27. The van der Waals surface area contributed by atoms with Gasteiger partial charge in [-0.3, -0.25) is 0 Å². The minimum Gasteiger partial charge on any atom is -0.744 e. The summed E-state index contributed by atoms with van der Waals surface area (Å²) in [6.07, 6.45) is 2.31. The van der Waals surface area contributed by atoms with Gasteiger partial charge < -0.3 is 39.8 Å². The van der Waals surface area contributed by atoms with Gasteiger partial charge in [0, 0.05) is 38.6 Å². The van der Waals surface area contributed by atoms with Crippen molar-refractivity contribution in [3.8, 4) is 0 Å². The van der Waals surface area contributed by atoms with E-state index in [-0.39, 0.29) is 142 Å². The molecule has 4 N–H and O–H groups in total. The molecule has 0 aliphatic carbocycles. The van der Waals surface area contributed by atoms with E-state index in [4.69, 9.17) is 33.4 Å². The zero-order chi connectivity index (χ0) is 35.2. The van der Waals surface area contributed by atoms with Crippen LogP contribution in [0.5, 0.6) is 0 Å². The molecular formula is C26H26Cl2N10Na2O8S2. The maximum Gasteiger partial charge on any atom is 1.00 e. The van der Waals surface area contributed by atoms with E-state index in [0.717, 1.165) is 24.3 Å². The largest absolute Gasteiger partial charge is 1.00 e. The molecule has 2 heterocycles. The van der Waals surface area contributed by atoms with Crippen LogP contribution in [-0.4, -0.2) is 106 Å². The number of aliphatic hydroxyl groups is 2. The summed E-state index contributed by atoms with van der Waals surface area (Å²) in [6.45, 7) is -0.000537. The van der Waals surface area contributed by atoms with Crippen molar-refractivity contribution in [2.45, 2.75) is 9.79 Å². The van der Waals surface area contributed by atoms with Crippen LogP contribution in [0.4, 0.5) is 35.2 Å². The maximum atomic E-state index is 12.2. The smallest absolute Gasteiger partial charge is 0.744 e. The minimum absolute atomic E-state index is 0. The van der Waals surface area contributed by atoms with Crippen LogP contribution in [0, 0.1) is 0 Å². The zero-order valence-electron chi connectivity index (χ0n) is 26.9. The molecule has 2 aromatic heterocycles. The second kappa shape index (κ2) is 19.0. The summed E-state index contributed by atoms with van der Waals surface area (Å²) in [5.74, 6) is 0.0552. The minimum atomic E-state index is -5.08. The van der Waals surface area contributed by atoms with E-state index < -0.39 is 30.0 Å². The molecule has 0 aliphatic heterocycles. The van der Waals surface area contributed by atoms with Crippen molar-refractivity contribution in [3.63, 3.8) is 0 Å². The number of aliphatic hydroxyl groups excluding tert-OH is 2. The first kappa shape index (κ1) is 43.9. The van der Waals surface area contributed by atoms with E-state index in [1.165, 1.54) is 34.1 Å². The van der Waals surface area contributed by atoms with Gasteiger partial charge in [-0.05, 0) is 58.6 Å². The molecule has 0 saturated heterocycles. The molecule has 18 nitrogen and oxygen atoms in total. The Morgan fingerprint density at radius 1 is 0.680 bits per heavy atom. The fourth-order valence-corrected chi connectivity index (χ4v) is 5.71. The van der Waals surface area contributed by atoms with Gasteiger partial charge in [-0.1, -0.05) is 24.3 Å². The molecule has 0 amide bonds. The fourth-order valence-electron chi connectivity index (χ4n) is 4.00. The number of nitrogens with one attached hydrogen (secondary N) is 2. The van der Waals surface area contributed by atoms with E-state index in [1.807, 2.05) is 0 Å². The number of nitrogens with zero attached hydrogens (tertiary/aromatic N) is 8. The normalized spacial score (nSPS) is 11.4. The molecule has 4 aromatic rings. The van der Waals surface area contributed by atoms with Crippen molar-refractivity contribution in [1.82, 2.24) is 29.9 Å². The van der Waals surface area contributed by atoms with Gasteiger partial charge >= 0.3 is 59.1 Å². The number of hydrogen-bond donors (Lipinski definition) is 4. The summed E-state index contributed by atoms with van der Waals surface area (Å²) < 4.78 is 73.2. The molecule has 0 aliphatic rings. The van der Waals surface area contributed by atoms with Crippen molar-refractivity contribution >= 4 is 90.8 Å². The molecular weight excluding hydrogens is 761 g/mol. The van der Waals surface area contributed by atoms with Crippen molar-refractivity contribution in [2.75, 3.05) is 60.8 Å². The molecule has 0 saturated carbocycles. The summed E-state index contributed by atoms with van der Waals surface area (Å²) in [5, 5.41) is 23.4. The molecule has 0 radical (unpaired) electrons. The van der Waals surface area contributed by atoms with Gasteiger partial charge in [0.2, 0.25) is 34.4 Å². The van der Waals surface area contributed by atoms with E-state index in [0.29, 0.717) is 0 Å². The van der Waals surface area contributed by atoms with Crippen LogP contribution >= 0.6 is 23.2 Å². The first-order valence-corrected chi connectivity index (χ1v) is 17.0. The van der Waals surface area contributed by atoms with Gasteiger partial charge in [0.15, 0.2) is 0 Å². The monoisotopic (exact) mass is 786 g/mol. The number of hydrogen-bond acceptors (Lipinski definition) is 18. The van der Waals surface area contributed by atoms with Gasteiger partial charge in [-0.25, -0.2) is 16.8 Å².